The molecule has 100 valence electrons. The molecule has 1 aromatic rings. The molecular formula is C12H20N4O2. The molecule has 0 bridgehead atoms. The van der Waals surface area contributed by atoms with Crippen molar-refractivity contribution >= 4 is 11.6 Å². The number of aromatic nitrogens is 1. The number of nitrogens with two attached hydrogens (primary N) is 1. The molecular weight excluding hydrogens is 232 g/mol. The second kappa shape index (κ2) is 6.32. The zero-order chi connectivity index (χ0) is 13.6. The van der Waals surface area contributed by atoms with Gasteiger partial charge in [0.1, 0.15) is 0 Å². The summed E-state index contributed by atoms with van der Waals surface area (Å²) in [5.41, 5.74) is 3.01. The van der Waals surface area contributed by atoms with Crippen LogP contribution in [-0.4, -0.2) is 29.6 Å². The lowest BCUT2D eigenvalue weighted by Gasteiger charge is -2.25. The van der Waals surface area contributed by atoms with Crippen LogP contribution in [0.3, 0.4) is 0 Å². The third kappa shape index (κ3) is 3.97. The number of ether oxygens (including phenoxy) is 1. The molecule has 0 saturated heterocycles. The summed E-state index contributed by atoms with van der Waals surface area (Å²) >= 11 is 0. The Morgan fingerprint density at radius 2 is 2.28 bits per heavy atom. The monoisotopic (exact) mass is 252 g/mol. The standard InChI is InChI=1S/C12H20N4O2/c1-4-18-12(2,3)8-15-11(17)9-7-14-6-5-10(9)16-13/h5-7H,4,8,13H2,1-3H3,(H,14,16)(H,15,17). The summed E-state index contributed by atoms with van der Waals surface area (Å²) in [6.45, 7) is 6.77. The molecule has 1 heterocycles. The molecule has 1 amide bonds. The molecule has 0 saturated carbocycles. The third-order valence-electron chi connectivity index (χ3n) is 2.43. The number of anilines is 1. The molecule has 1 aromatic heterocycles. The van der Waals surface area contributed by atoms with Crippen molar-refractivity contribution in [3.05, 3.63) is 24.0 Å². The predicted molar refractivity (Wildman–Crippen MR) is 70.1 cm³/mol. The number of carbonyl (C=O) groups excluding carboxylic acids is 1. The first kappa shape index (κ1) is 14.4. The molecule has 0 aromatic carbocycles. The Morgan fingerprint density at radius 3 is 2.89 bits per heavy atom. The van der Waals surface area contributed by atoms with Gasteiger partial charge in [0.15, 0.2) is 0 Å². The van der Waals surface area contributed by atoms with E-state index >= 15 is 0 Å². The Morgan fingerprint density at radius 1 is 1.56 bits per heavy atom. The molecule has 0 aliphatic carbocycles. The molecule has 0 spiro atoms. The predicted octanol–water partition coefficient (Wildman–Crippen LogP) is 0.912. The van der Waals surface area contributed by atoms with Crippen molar-refractivity contribution < 1.29 is 9.53 Å². The molecule has 0 unspecified atom stereocenters. The maximum absolute atomic E-state index is 12.0. The normalized spacial score (nSPS) is 11.1. The highest BCUT2D eigenvalue weighted by Crippen LogP contribution is 2.12. The fourth-order valence-corrected chi connectivity index (χ4v) is 1.53. The van der Waals surface area contributed by atoms with Gasteiger partial charge in [0.25, 0.3) is 5.91 Å². The number of nitrogens with zero attached hydrogens (tertiary/aromatic N) is 1. The van der Waals surface area contributed by atoms with Gasteiger partial charge in [-0.15, -0.1) is 0 Å². The number of hydrogen-bond donors (Lipinski definition) is 3. The van der Waals surface area contributed by atoms with E-state index < -0.39 is 5.60 Å². The number of amides is 1. The zero-order valence-electron chi connectivity index (χ0n) is 11.0. The number of carbonyl (C=O) groups is 1. The molecule has 0 aliphatic heterocycles. The van der Waals surface area contributed by atoms with Gasteiger partial charge in [0, 0.05) is 25.5 Å². The minimum atomic E-state index is -0.400. The van der Waals surface area contributed by atoms with E-state index in [2.05, 4.69) is 15.7 Å². The Kier molecular flexibility index (Phi) is 5.06. The van der Waals surface area contributed by atoms with E-state index in [-0.39, 0.29) is 5.91 Å². The largest absolute Gasteiger partial charge is 0.374 e. The summed E-state index contributed by atoms with van der Waals surface area (Å²) in [5, 5.41) is 2.80. The van der Waals surface area contributed by atoms with Crippen molar-refractivity contribution in [3.8, 4) is 0 Å². The number of rotatable bonds is 6. The van der Waals surface area contributed by atoms with E-state index in [1.165, 1.54) is 6.20 Å². The maximum Gasteiger partial charge on any atom is 0.255 e. The van der Waals surface area contributed by atoms with Crippen molar-refractivity contribution in [3.63, 3.8) is 0 Å². The molecule has 6 heteroatoms. The first-order chi connectivity index (χ1) is 8.50. The van der Waals surface area contributed by atoms with E-state index in [0.29, 0.717) is 24.4 Å². The van der Waals surface area contributed by atoms with Crippen LogP contribution in [0.2, 0.25) is 0 Å². The number of pyridine rings is 1. The Bertz CT molecular complexity index is 407. The molecule has 0 radical (unpaired) electrons. The highest BCUT2D eigenvalue weighted by Gasteiger charge is 2.20. The average molecular weight is 252 g/mol. The molecule has 1 rings (SSSR count). The van der Waals surface area contributed by atoms with Crippen LogP contribution >= 0.6 is 0 Å². The Balaban J connectivity index is 2.66. The van der Waals surface area contributed by atoms with Crippen LogP contribution in [0.4, 0.5) is 5.69 Å². The van der Waals surface area contributed by atoms with Gasteiger partial charge < -0.3 is 15.5 Å². The van der Waals surface area contributed by atoms with Crippen molar-refractivity contribution in [1.29, 1.82) is 0 Å². The summed E-state index contributed by atoms with van der Waals surface area (Å²) in [6.07, 6.45) is 3.04. The molecule has 0 aliphatic rings. The van der Waals surface area contributed by atoms with Crippen molar-refractivity contribution in [2.24, 2.45) is 5.84 Å². The lowest BCUT2D eigenvalue weighted by Crippen LogP contribution is -2.40. The second-order valence-electron chi connectivity index (χ2n) is 4.44. The van der Waals surface area contributed by atoms with Crippen LogP contribution in [0, 0.1) is 0 Å². The summed E-state index contributed by atoms with van der Waals surface area (Å²) in [4.78, 5) is 15.9. The van der Waals surface area contributed by atoms with Crippen LogP contribution in [0.25, 0.3) is 0 Å². The minimum Gasteiger partial charge on any atom is -0.374 e. The fraction of sp³-hybridized carbons (Fsp3) is 0.500. The smallest absolute Gasteiger partial charge is 0.255 e. The number of nitrogens with one attached hydrogen (secondary N) is 2. The van der Waals surface area contributed by atoms with Crippen LogP contribution < -0.4 is 16.6 Å². The highest BCUT2D eigenvalue weighted by atomic mass is 16.5. The lowest BCUT2D eigenvalue weighted by molar-refractivity contribution is -0.00815. The van der Waals surface area contributed by atoms with Crippen LogP contribution in [-0.2, 0) is 4.74 Å². The molecule has 0 fully saturated rings. The fourth-order valence-electron chi connectivity index (χ4n) is 1.53. The number of nitrogen functional groups attached to an aromatic ring is 1. The summed E-state index contributed by atoms with van der Waals surface area (Å²) in [5.74, 6) is 5.10. The van der Waals surface area contributed by atoms with Crippen molar-refractivity contribution in [2.75, 3.05) is 18.6 Å². The first-order valence-corrected chi connectivity index (χ1v) is 5.83. The third-order valence-corrected chi connectivity index (χ3v) is 2.43. The summed E-state index contributed by atoms with van der Waals surface area (Å²) in [7, 11) is 0. The second-order valence-corrected chi connectivity index (χ2v) is 4.44. The van der Waals surface area contributed by atoms with Gasteiger partial charge in [-0.05, 0) is 26.8 Å². The Labute approximate surface area is 107 Å². The molecule has 4 N–H and O–H groups in total. The Hall–Kier alpha value is -1.66. The van der Waals surface area contributed by atoms with Gasteiger partial charge >= 0.3 is 0 Å². The van der Waals surface area contributed by atoms with E-state index in [0.717, 1.165) is 0 Å². The van der Waals surface area contributed by atoms with E-state index in [4.69, 9.17) is 10.6 Å². The van der Waals surface area contributed by atoms with Crippen LogP contribution in [0.15, 0.2) is 18.5 Å². The zero-order valence-corrected chi connectivity index (χ0v) is 11.0. The highest BCUT2D eigenvalue weighted by molar-refractivity contribution is 5.99. The van der Waals surface area contributed by atoms with Crippen molar-refractivity contribution in [2.45, 2.75) is 26.4 Å². The van der Waals surface area contributed by atoms with E-state index in [1.807, 2.05) is 20.8 Å². The maximum atomic E-state index is 12.0. The number of hydrogen-bond acceptors (Lipinski definition) is 5. The van der Waals surface area contributed by atoms with Gasteiger partial charge in [-0.1, -0.05) is 0 Å². The number of hydrazine groups is 1. The molecule has 18 heavy (non-hydrogen) atoms. The summed E-state index contributed by atoms with van der Waals surface area (Å²) < 4.78 is 5.50. The quantitative estimate of drug-likeness (QED) is 0.517. The van der Waals surface area contributed by atoms with Crippen LogP contribution in [0.1, 0.15) is 31.1 Å². The topological polar surface area (TPSA) is 89.3 Å². The molecule has 6 nitrogen and oxygen atoms in total. The van der Waals surface area contributed by atoms with Gasteiger partial charge in [0.05, 0.1) is 16.9 Å². The van der Waals surface area contributed by atoms with E-state index in [9.17, 15) is 4.79 Å². The van der Waals surface area contributed by atoms with Gasteiger partial charge in [-0.3, -0.25) is 15.6 Å². The first-order valence-electron chi connectivity index (χ1n) is 5.83. The minimum absolute atomic E-state index is 0.233. The van der Waals surface area contributed by atoms with Crippen LogP contribution in [0.5, 0.6) is 0 Å². The van der Waals surface area contributed by atoms with Gasteiger partial charge in [0.2, 0.25) is 0 Å². The van der Waals surface area contributed by atoms with Gasteiger partial charge in [-0.2, -0.15) is 0 Å². The SMILES string of the molecule is CCOC(C)(C)CNC(=O)c1cnccc1NN. The summed E-state index contributed by atoms with van der Waals surface area (Å²) in [6, 6.07) is 1.64. The van der Waals surface area contributed by atoms with Gasteiger partial charge in [-0.25, -0.2) is 0 Å². The van der Waals surface area contributed by atoms with Crippen molar-refractivity contribution in [1.82, 2.24) is 10.3 Å². The molecule has 0 atom stereocenters. The van der Waals surface area contributed by atoms with E-state index in [1.54, 1.807) is 12.3 Å². The lowest BCUT2D eigenvalue weighted by atomic mass is 10.1. The average Bonchev–Trinajstić information content (AvgIpc) is 2.36.